The van der Waals surface area contributed by atoms with Gasteiger partial charge in [0.15, 0.2) is 5.79 Å². The third-order valence-electron chi connectivity index (χ3n) is 5.53. The topological polar surface area (TPSA) is 59.6 Å². The summed E-state index contributed by atoms with van der Waals surface area (Å²) in [7, 11) is 0. The average Bonchev–Trinajstić information content (AvgIpc) is 3.14. The summed E-state index contributed by atoms with van der Waals surface area (Å²) in [5.74, 6) is -0.401. The standard InChI is InChI=1S/C22H25ClN2O3/c1-15-13-17(16-3-2-4-18(23)14-16)5-6-20(15)25-21(26)24-19-7-9-22(10-8-19)27-11-12-28-22/h2-6,13-14,19H,7-12H2,1H3,(H2,24,25,26). The third-order valence-corrected chi connectivity index (χ3v) is 5.76. The molecule has 1 saturated carbocycles. The number of ether oxygens (including phenoxy) is 2. The van der Waals surface area contributed by atoms with Crippen LogP contribution in [0.2, 0.25) is 5.02 Å². The summed E-state index contributed by atoms with van der Waals surface area (Å²) in [6.45, 7) is 3.33. The van der Waals surface area contributed by atoms with Gasteiger partial charge in [0.25, 0.3) is 0 Å². The molecule has 1 aliphatic carbocycles. The second kappa shape index (κ2) is 8.11. The zero-order valence-corrected chi connectivity index (χ0v) is 16.7. The number of amides is 2. The number of halogens is 1. The first-order chi connectivity index (χ1) is 13.5. The Kier molecular flexibility index (Phi) is 5.58. The molecule has 5 nitrogen and oxygen atoms in total. The van der Waals surface area contributed by atoms with Crippen molar-refractivity contribution in [3.8, 4) is 11.1 Å². The van der Waals surface area contributed by atoms with Gasteiger partial charge in [-0.3, -0.25) is 0 Å². The maximum atomic E-state index is 12.4. The van der Waals surface area contributed by atoms with Gasteiger partial charge in [0.2, 0.25) is 0 Å². The fourth-order valence-electron chi connectivity index (χ4n) is 3.98. The van der Waals surface area contributed by atoms with Gasteiger partial charge in [-0.25, -0.2) is 4.79 Å². The summed E-state index contributed by atoms with van der Waals surface area (Å²) in [5, 5.41) is 6.75. The number of carbonyl (C=O) groups excluding carboxylic acids is 1. The fraction of sp³-hybridized carbons (Fsp3) is 0.409. The minimum Gasteiger partial charge on any atom is -0.348 e. The summed E-state index contributed by atoms with van der Waals surface area (Å²) in [5.41, 5.74) is 3.93. The molecule has 2 aromatic rings. The van der Waals surface area contributed by atoms with Gasteiger partial charge in [-0.15, -0.1) is 0 Å². The number of rotatable bonds is 3. The number of aryl methyl sites for hydroxylation is 1. The van der Waals surface area contributed by atoms with Crippen LogP contribution < -0.4 is 10.6 Å². The van der Waals surface area contributed by atoms with E-state index < -0.39 is 5.79 Å². The van der Waals surface area contributed by atoms with Crippen LogP contribution in [0.3, 0.4) is 0 Å². The monoisotopic (exact) mass is 400 g/mol. The molecule has 2 aromatic carbocycles. The molecule has 4 rings (SSSR count). The van der Waals surface area contributed by atoms with Gasteiger partial charge < -0.3 is 20.1 Å². The Bertz CT molecular complexity index is 855. The Morgan fingerprint density at radius 3 is 2.46 bits per heavy atom. The molecule has 0 atom stereocenters. The zero-order chi connectivity index (χ0) is 19.6. The van der Waals surface area contributed by atoms with Crippen LogP contribution in [-0.2, 0) is 9.47 Å². The molecular formula is C22H25ClN2O3. The van der Waals surface area contributed by atoms with E-state index in [0.29, 0.717) is 18.2 Å². The molecule has 28 heavy (non-hydrogen) atoms. The van der Waals surface area contributed by atoms with Crippen LogP contribution >= 0.6 is 11.6 Å². The predicted molar refractivity (Wildman–Crippen MR) is 111 cm³/mol. The highest BCUT2D eigenvalue weighted by molar-refractivity contribution is 6.30. The molecule has 1 heterocycles. The first-order valence-corrected chi connectivity index (χ1v) is 10.1. The number of anilines is 1. The van der Waals surface area contributed by atoms with Crippen molar-refractivity contribution in [2.45, 2.75) is 44.4 Å². The fourth-order valence-corrected chi connectivity index (χ4v) is 4.17. The second-order valence-corrected chi connectivity index (χ2v) is 7.96. The lowest BCUT2D eigenvalue weighted by Gasteiger charge is -2.35. The van der Waals surface area contributed by atoms with Crippen LogP contribution in [-0.4, -0.2) is 31.1 Å². The zero-order valence-electron chi connectivity index (χ0n) is 16.0. The first-order valence-electron chi connectivity index (χ1n) is 9.75. The Labute approximate surface area is 170 Å². The number of urea groups is 1. The van der Waals surface area contributed by atoms with Gasteiger partial charge in [-0.2, -0.15) is 0 Å². The molecule has 1 spiro atoms. The summed E-state index contributed by atoms with van der Waals surface area (Å²) < 4.78 is 11.5. The van der Waals surface area contributed by atoms with Crippen LogP contribution in [0.1, 0.15) is 31.2 Å². The average molecular weight is 401 g/mol. The normalized spacial score (nSPS) is 18.9. The molecule has 2 aliphatic rings. The van der Waals surface area contributed by atoms with Crippen molar-refractivity contribution in [2.24, 2.45) is 0 Å². The largest absolute Gasteiger partial charge is 0.348 e. The molecule has 1 aliphatic heterocycles. The lowest BCUT2D eigenvalue weighted by Crippen LogP contribution is -2.45. The predicted octanol–water partition coefficient (Wildman–Crippen LogP) is 5.12. The van der Waals surface area contributed by atoms with Crippen molar-refractivity contribution >= 4 is 23.3 Å². The van der Waals surface area contributed by atoms with E-state index in [1.165, 1.54) is 0 Å². The molecule has 0 unspecified atom stereocenters. The molecule has 1 saturated heterocycles. The van der Waals surface area contributed by atoms with E-state index in [-0.39, 0.29) is 12.1 Å². The third kappa shape index (κ3) is 4.32. The molecule has 0 radical (unpaired) electrons. The van der Waals surface area contributed by atoms with Gasteiger partial charge in [-0.05, 0) is 60.7 Å². The highest BCUT2D eigenvalue weighted by Gasteiger charge is 2.40. The van der Waals surface area contributed by atoms with Gasteiger partial charge >= 0.3 is 6.03 Å². The molecular weight excluding hydrogens is 376 g/mol. The Morgan fingerprint density at radius 1 is 1.07 bits per heavy atom. The van der Waals surface area contributed by atoms with Crippen LogP contribution in [0.5, 0.6) is 0 Å². The van der Waals surface area contributed by atoms with Crippen LogP contribution in [0.15, 0.2) is 42.5 Å². The molecule has 2 amide bonds. The van der Waals surface area contributed by atoms with E-state index in [2.05, 4.69) is 16.7 Å². The quantitative estimate of drug-likeness (QED) is 0.751. The Balaban J connectivity index is 1.34. The molecule has 6 heteroatoms. The van der Waals surface area contributed by atoms with Crippen molar-refractivity contribution < 1.29 is 14.3 Å². The lowest BCUT2D eigenvalue weighted by molar-refractivity contribution is -0.179. The summed E-state index contributed by atoms with van der Waals surface area (Å²) in [6.07, 6.45) is 3.37. The minimum absolute atomic E-state index is 0.143. The summed E-state index contributed by atoms with van der Waals surface area (Å²) in [6, 6.07) is 13.7. The minimum atomic E-state index is -0.401. The van der Waals surface area contributed by atoms with E-state index in [4.69, 9.17) is 21.1 Å². The Morgan fingerprint density at radius 2 is 1.79 bits per heavy atom. The highest BCUT2D eigenvalue weighted by atomic mass is 35.5. The van der Waals surface area contributed by atoms with Crippen molar-refractivity contribution in [1.82, 2.24) is 5.32 Å². The van der Waals surface area contributed by atoms with E-state index in [1.807, 2.05) is 43.3 Å². The van der Waals surface area contributed by atoms with Crippen molar-refractivity contribution in [3.05, 3.63) is 53.1 Å². The number of benzene rings is 2. The summed E-state index contributed by atoms with van der Waals surface area (Å²) >= 11 is 6.09. The molecule has 2 N–H and O–H groups in total. The molecule has 2 fully saturated rings. The van der Waals surface area contributed by atoms with E-state index in [1.54, 1.807) is 0 Å². The number of hydrogen-bond donors (Lipinski definition) is 2. The van der Waals surface area contributed by atoms with Gasteiger partial charge in [0.1, 0.15) is 0 Å². The van der Waals surface area contributed by atoms with Crippen LogP contribution in [0, 0.1) is 6.92 Å². The molecule has 0 bridgehead atoms. The molecule has 0 aromatic heterocycles. The van der Waals surface area contributed by atoms with E-state index in [0.717, 1.165) is 48.1 Å². The summed E-state index contributed by atoms with van der Waals surface area (Å²) in [4.78, 5) is 12.4. The van der Waals surface area contributed by atoms with Crippen molar-refractivity contribution in [1.29, 1.82) is 0 Å². The maximum Gasteiger partial charge on any atom is 0.319 e. The molecule has 148 valence electrons. The van der Waals surface area contributed by atoms with Gasteiger partial charge in [-0.1, -0.05) is 29.8 Å². The number of carbonyl (C=O) groups is 1. The van der Waals surface area contributed by atoms with Crippen molar-refractivity contribution in [2.75, 3.05) is 18.5 Å². The van der Waals surface area contributed by atoms with Crippen LogP contribution in [0.4, 0.5) is 10.5 Å². The van der Waals surface area contributed by atoms with E-state index in [9.17, 15) is 4.79 Å². The number of hydrogen-bond acceptors (Lipinski definition) is 3. The highest BCUT2D eigenvalue weighted by Crippen LogP contribution is 2.35. The SMILES string of the molecule is Cc1cc(-c2cccc(Cl)c2)ccc1NC(=O)NC1CCC2(CC1)OCCO2. The van der Waals surface area contributed by atoms with Gasteiger partial charge in [0.05, 0.1) is 13.2 Å². The maximum absolute atomic E-state index is 12.4. The number of nitrogens with one attached hydrogen (secondary N) is 2. The smallest absolute Gasteiger partial charge is 0.319 e. The van der Waals surface area contributed by atoms with E-state index >= 15 is 0 Å². The first kappa shape index (κ1) is 19.2. The van der Waals surface area contributed by atoms with Crippen LogP contribution in [0.25, 0.3) is 11.1 Å². The van der Waals surface area contributed by atoms with Gasteiger partial charge in [0, 0.05) is 29.6 Å². The Hall–Kier alpha value is -2.08. The lowest BCUT2D eigenvalue weighted by atomic mass is 9.90. The second-order valence-electron chi connectivity index (χ2n) is 7.52. The van der Waals surface area contributed by atoms with Crippen molar-refractivity contribution in [3.63, 3.8) is 0 Å².